The lowest BCUT2D eigenvalue weighted by Gasteiger charge is -2.39. The molecule has 3 nitrogen and oxygen atoms in total. The van der Waals surface area contributed by atoms with Gasteiger partial charge in [0, 0.05) is 0 Å². The van der Waals surface area contributed by atoms with E-state index in [2.05, 4.69) is 19.6 Å². The van der Waals surface area contributed by atoms with Crippen LogP contribution >= 0.6 is 6.99 Å². The summed E-state index contributed by atoms with van der Waals surface area (Å²) in [4.78, 5) is 0. The van der Waals surface area contributed by atoms with E-state index < -0.39 is 14.7 Å². The molecule has 0 radical (unpaired) electrons. The Balaban J connectivity index is 5.04. The molecule has 0 heterocycles. The maximum Gasteiger partial charge on any atom is 0.189 e. The Kier molecular flexibility index (Phi) is 3.73. The summed E-state index contributed by atoms with van der Waals surface area (Å²) >= 11 is 0. The van der Waals surface area contributed by atoms with Crippen LogP contribution < -0.4 is 0 Å². The molecule has 74 valence electrons. The fourth-order valence-corrected chi connectivity index (χ4v) is 11.9. The van der Waals surface area contributed by atoms with Crippen LogP contribution in [0.25, 0.3) is 0 Å². The fourth-order valence-electron chi connectivity index (χ4n) is 1.56. The molecule has 0 aliphatic rings. The first kappa shape index (κ1) is 12.4. The van der Waals surface area contributed by atoms with E-state index in [1.165, 1.54) is 0 Å². The van der Waals surface area contributed by atoms with Gasteiger partial charge in [0.25, 0.3) is 0 Å². The van der Waals surface area contributed by atoms with Crippen LogP contribution in [0.4, 0.5) is 0 Å². The summed E-state index contributed by atoms with van der Waals surface area (Å²) in [6.07, 6.45) is 0. The summed E-state index contributed by atoms with van der Waals surface area (Å²) in [5, 5.41) is 0. The van der Waals surface area contributed by atoms with Gasteiger partial charge in [-0.25, -0.2) is 0 Å². The molecule has 0 fully saturated rings. The highest BCUT2D eigenvalue weighted by Gasteiger charge is 2.42. The van der Waals surface area contributed by atoms with Crippen LogP contribution in [0.2, 0.25) is 19.6 Å². The Bertz CT molecular complexity index is 186. The lowest BCUT2D eigenvalue weighted by atomic mass is 11.3. The molecule has 0 atom stereocenters. The monoisotopic (exact) mass is 208 g/mol. The molecule has 0 rings (SSSR count). The van der Waals surface area contributed by atoms with Gasteiger partial charge in [0.2, 0.25) is 0 Å². The van der Waals surface area contributed by atoms with E-state index in [1.807, 2.05) is 37.5 Å². The van der Waals surface area contributed by atoms with E-state index in [0.29, 0.717) is 0 Å². The van der Waals surface area contributed by atoms with Crippen molar-refractivity contribution >= 4 is 14.7 Å². The van der Waals surface area contributed by atoms with Crippen LogP contribution in [0.5, 0.6) is 0 Å². The quantitative estimate of drug-likeness (QED) is 0.524. The minimum absolute atomic E-state index is 1.63. The third-order valence-corrected chi connectivity index (χ3v) is 13.5. The van der Waals surface area contributed by atoms with Gasteiger partial charge in [0.1, 0.15) is 0 Å². The summed E-state index contributed by atoms with van der Waals surface area (Å²) in [5.74, 6) is 0. The van der Waals surface area contributed by atoms with Gasteiger partial charge in [0.05, 0.1) is 0 Å². The molecule has 0 saturated heterocycles. The Labute approximate surface area is 77.1 Å². The van der Waals surface area contributed by atoms with Crippen molar-refractivity contribution < 1.29 is 4.57 Å². The first-order chi connectivity index (χ1) is 5.14. The summed E-state index contributed by atoms with van der Waals surface area (Å²) in [5.41, 5.74) is 0. The second kappa shape index (κ2) is 3.62. The molecule has 0 aromatic rings. The van der Waals surface area contributed by atoms with Crippen LogP contribution in [-0.4, -0.2) is 45.3 Å². The topological polar surface area (TPSA) is 23.6 Å². The molecule has 0 N–H and O–H groups in total. The molecule has 12 heavy (non-hydrogen) atoms. The highest BCUT2D eigenvalue weighted by atomic mass is 31.4. The van der Waals surface area contributed by atoms with E-state index >= 15 is 0 Å². The summed E-state index contributed by atoms with van der Waals surface area (Å²) in [7, 11) is 5.98. The van der Waals surface area contributed by atoms with E-state index in [4.69, 9.17) is 0 Å². The number of hydrogen-bond donors (Lipinski definition) is 0. The van der Waals surface area contributed by atoms with Gasteiger partial charge in [-0.2, -0.15) is 0 Å². The van der Waals surface area contributed by atoms with Crippen molar-refractivity contribution in [3.05, 3.63) is 0 Å². The maximum atomic E-state index is 12.5. The predicted molar refractivity (Wildman–Crippen MR) is 58.3 cm³/mol. The van der Waals surface area contributed by atoms with Crippen LogP contribution in [-0.2, 0) is 4.57 Å². The SMILES string of the molecule is CN(C)P(=O)(N(C)C)[Si](C)(C)C. The molecule has 0 aliphatic carbocycles. The predicted octanol–water partition coefficient (Wildman–Crippen LogP) is 2.14. The zero-order chi connectivity index (χ0) is 10.2. The van der Waals surface area contributed by atoms with Gasteiger partial charge in [0.15, 0.2) is 14.7 Å². The molecule has 0 aliphatic heterocycles. The minimum atomic E-state index is -2.24. The standard InChI is InChI=1S/C7H21N2OPSi/c1-8(2)11(10,9(3)4)12(5,6)7/h1-7H3. The van der Waals surface area contributed by atoms with Gasteiger partial charge < -0.3 is 0 Å². The van der Waals surface area contributed by atoms with Gasteiger partial charge in [-0.05, 0) is 28.2 Å². The van der Waals surface area contributed by atoms with Crippen LogP contribution in [0.1, 0.15) is 0 Å². The van der Waals surface area contributed by atoms with Crippen molar-refractivity contribution in [2.24, 2.45) is 0 Å². The zero-order valence-corrected chi connectivity index (χ0v) is 11.1. The van der Waals surface area contributed by atoms with E-state index in [9.17, 15) is 4.57 Å². The first-order valence-corrected chi connectivity index (χ1v) is 10.0. The summed E-state index contributed by atoms with van der Waals surface area (Å²) < 4.78 is 16.3. The largest absolute Gasteiger partial charge is 0.295 e. The van der Waals surface area contributed by atoms with Crippen molar-refractivity contribution in [3.63, 3.8) is 0 Å². The molecule has 0 aromatic heterocycles. The van der Waals surface area contributed by atoms with E-state index in [1.54, 1.807) is 0 Å². The van der Waals surface area contributed by atoms with Crippen molar-refractivity contribution in [1.29, 1.82) is 0 Å². The lowest BCUT2D eigenvalue weighted by molar-refractivity contribution is 0.463. The second-order valence-electron chi connectivity index (χ2n) is 4.41. The Hall–Kier alpha value is 0.367. The molecule has 0 bridgehead atoms. The Morgan fingerprint density at radius 3 is 1.17 bits per heavy atom. The van der Waals surface area contributed by atoms with E-state index in [-0.39, 0.29) is 0 Å². The second-order valence-corrected chi connectivity index (χ2v) is 17.2. The molecule has 5 heteroatoms. The average Bonchev–Trinajstić information content (AvgIpc) is 1.82. The molecular weight excluding hydrogens is 187 g/mol. The fraction of sp³-hybridized carbons (Fsp3) is 1.00. The number of hydrogen-bond acceptors (Lipinski definition) is 1. The van der Waals surface area contributed by atoms with Crippen molar-refractivity contribution in [2.45, 2.75) is 19.6 Å². The highest BCUT2D eigenvalue weighted by Crippen LogP contribution is 2.57. The van der Waals surface area contributed by atoms with Crippen LogP contribution in [0, 0.1) is 0 Å². The smallest absolute Gasteiger partial charge is 0.189 e. The van der Waals surface area contributed by atoms with Crippen LogP contribution in [0.15, 0.2) is 0 Å². The van der Waals surface area contributed by atoms with E-state index in [0.717, 1.165) is 0 Å². The van der Waals surface area contributed by atoms with Gasteiger partial charge in [-0.3, -0.25) is 13.9 Å². The van der Waals surface area contributed by atoms with Crippen molar-refractivity contribution in [2.75, 3.05) is 28.2 Å². The molecular formula is C7H21N2OPSi. The Morgan fingerprint density at radius 1 is 0.917 bits per heavy atom. The van der Waals surface area contributed by atoms with Crippen molar-refractivity contribution in [3.8, 4) is 0 Å². The molecule has 0 aromatic carbocycles. The van der Waals surface area contributed by atoms with Crippen molar-refractivity contribution in [1.82, 2.24) is 9.34 Å². The lowest BCUT2D eigenvalue weighted by Crippen LogP contribution is -2.36. The molecule has 0 amide bonds. The minimum Gasteiger partial charge on any atom is -0.295 e. The third kappa shape index (κ3) is 1.99. The summed E-state index contributed by atoms with van der Waals surface area (Å²) in [6, 6.07) is 0. The molecule has 0 spiro atoms. The van der Waals surface area contributed by atoms with Gasteiger partial charge in [-0.1, -0.05) is 19.6 Å². The Morgan fingerprint density at radius 2 is 1.17 bits per heavy atom. The highest BCUT2D eigenvalue weighted by molar-refractivity contribution is 7.95. The molecule has 0 saturated carbocycles. The van der Waals surface area contributed by atoms with Crippen LogP contribution in [0.3, 0.4) is 0 Å². The average molecular weight is 208 g/mol. The molecule has 0 unspecified atom stereocenters. The first-order valence-electron chi connectivity index (χ1n) is 4.10. The number of rotatable bonds is 3. The third-order valence-electron chi connectivity index (χ3n) is 1.96. The normalized spacial score (nSPS) is 14.4. The van der Waals surface area contributed by atoms with Gasteiger partial charge >= 0.3 is 0 Å². The zero-order valence-electron chi connectivity index (χ0n) is 9.25. The number of nitrogens with zero attached hydrogens (tertiary/aromatic N) is 2. The summed E-state index contributed by atoms with van der Waals surface area (Å²) in [6.45, 7) is 4.20. The van der Waals surface area contributed by atoms with Gasteiger partial charge in [-0.15, -0.1) is 0 Å². The maximum absolute atomic E-state index is 12.5.